The second kappa shape index (κ2) is 6.70. The highest BCUT2D eigenvalue weighted by atomic mass is 35.5. The summed E-state index contributed by atoms with van der Waals surface area (Å²) in [6.45, 7) is -0.661. The van der Waals surface area contributed by atoms with Crippen LogP contribution in [0.1, 0.15) is 10.4 Å². The maximum Gasteiger partial charge on any atom is 0.330 e. The molecule has 1 aromatic carbocycles. The molecule has 1 unspecified atom stereocenters. The molecule has 0 aromatic heterocycles. The van der Waals surface area contributed by atoms with E-state index in [0.717, 1.165) is 19.2 Å². The zero-order valence-electron chi connectivity index (χ0n) is 9.75. The van der Waals surface area contributed by atoms with Gasteiger partial charge in [0.15, 0.2) is 6.04 Å². The number of halogens is 3. The second-order valence-corrected chi connectivity index (χ2v) is 4.29. The van der Waals surface area contributed by atoms with E-state index >= 15 is 0 Å². The maximum atomic E-state index is 13.3. The Hall–Kier alpha value is -1.37. The van der Waals surface area contributed by atoms with Gasteiger partial charge in [-0.05, 0) is 12.1 Å². The van der Waals surface area contributed by atoms with Crippen LogP contribution in [0.25, 0.3) is 0 Å². The van der Waals surface area contributed by atoms with E-state index in [4.69, 9.17) is 28.3 Å². The van der Waals surface area contributed by atoms with Gasteiger partial charge in [-0.3, -0.25) is 4.79 Å². The summed E-state index contributed by atoms with van der Waals surface area (Å²) in [7, 11) is 1.10. The van der Waals surface area contributed by atoms with Crippen molar-refractivity contribution in [1.29, 1.82) is 0 Å². The standard InChI is InChI=1S/C11H10Cl2FNO4/c1-19-11(18)9(4-16)15-10(17)5-2-8(14)7(13)3-6(5)12/h2-3,9,16H,4H2,1H3,(H,15,17). The van der Waals surface area contributed by atoms with Crippen molar-refractivity contribution in [2.75, 3.05) is 13.7 Å². The lowest BCUT2D eigenvalue weighted by atomic mass is 10.2. The van der Waals surface area contributed by atoms with Crippen LogP contribution in [0.3, 0.4) is 0 Å². The zero-order chi connectivity index (χ0) is 14.6. The topological polar surface area (TPSA) is 75.6 Å². The van der Waals surface area contributed by atoms with Gasteiger partial charge in [0.2, 0.25) is 0 Å². The van der Waals surface area contributed by atoms with Crippen molar-refractivity contribution >= 4 is 35.1 Å². The number of carbonyl (C=O) groups is 2. The summed E-state index contributed by atoms with van der Waals surface area (Å²) in [4.78, 5) is 23.0. The molecule has 0 radical (unpaired) electrons. The van der Waals surface area contributed by atoms with Crippen LogP contribution < -0.4 is 5.32 Å². The Labute approximate surface area is 118 Å². The summed E-state index contributed by atoms with van der Waals surface area (Å²) in [6.07, 6.45) is 0. The average molecular weight is 310 g/mol. The summed E-state index contributed by atoms with van der Waals surface area (Å²) in [6, 6.07) is 0.651. The van der Waals surface area contributed by atoms with Crippen LogP contribution in [0.5, 0.6) is 0 Å². The number of ether oxygens (including phenoxy) is 1. The zero-order valence-corrected chi connectivity index (χ0v) is 11.3. The Balaban J connectivity index is 2.95. The van der Waals surface area contributed by atoms with E-state index in [1.165, 1.54) is 0 Å². The Morgan fingerprint density at radius 3 is 2.58 bits per heavy atom. The number of rotatable bonds is 4. The minimum absolute atomic E-state index is 0.0783. The molecule has 104 valence electrons. The van der Waals surface area contributed by atoms with Crippen molar-refractivity contribution in [1.82, 2.24) is 5.32 Å². The second-order valence-electron chi connectivity index (χ2n) is 3.48. The van der Waals surface area contributed by atoms with Gasteiger partial charge < -0.3 is 15.2 Å². The molecule has 1 aromatic rings. The predicted octanol–water partition coefficient (Wildman–Crippen LogP) is 1.40. The van der Waals surface area contributed by atoms with Crippen LogP contribution >= 0.6 is 23.2 Å². The number of carbonyl (C=O) groups excluding carboxylic acids is 2. The highest BCUT2D eigenvalue weighted by Crippen LogP contribution is 2.24. The summed E-state index contributed by atoms with van der Waals surface area (Å²) < 4.78 is 17.6. The van der Waals surface area contributed by atoms with Gasteiger partial charge in [0, 0.05) is 0 Å². The number of benzene rings is 1. The van der Waals surface area contributed by atoms with Crippen LogP contribution in [0, 0.1) is 5.82 Å². The quantitative estimate of drug-likeness (QED) is 0.651. The van der Waals surface area contributed by atoms with E-state index < -0.39 is 30.3 Å². The van der Waals surface area contributed by atoms with E-state index in [9.17, 15) is 14.0 Å². The molecule has 1 rings (SSSR count). The van der Waals surface area contributed by atoms with E-state index in [2.05, 4.69) is 10.1 Å². The smallest absolute Gasteiger partial charge is 0.330 e. The largest absolute Gasteiger partial charge is 0.467 e. The highest BCUT2D eigenvalue weighted by Gasteiger charge is 2.23. The third kappa shape index (κ3) is 3.79. The van der Waals surface area contributed by atoms with E-state index in [1.54, 1.807) is 0 Å². The molecule has 5 nitrogen and oxygen atoms in total. The minimum Gasteiger partial charge on any atom is -0.467 e. The van der Waals surface area contributed by atoms with Crippen LogP contribution in [0.2, 0.25) is 10.0 Å². The van der Waals surface area contributed by atoms with Crippen molar-refractivity contribution in [3.05, 3.63) is 33.6 Å². The predicted molar refractivity (Wildman–Crippen MR) is 66.8 cm³/mol. The molecule has 0 saturated heterocycles. The SMILES string of the molecule is COC(=O)C(CO)NC(=O)c1cc(F)c(Cl)cc1Cl. The van der Waals surface area contributed by atoms with E-state index in [-0.39, 0.29) is 15.6 Å². The fraction of sp³-hybridized carbons (Fsp3) is 0.273. The Kier molecular flexibility index (Phi) is 5.53. The van der Waals surface area contributed by atoms with Crippen LogP contribution in [0.4, 0.5) is 4.39 Å². The van der Waals surface area contributed by atoms with Gasteiger partial charge in [-0.1, -0.05) is 23.2 Å². The number of esters is 1. The van der Waals surface area contributed by atoms with E-state index in [0.29, 0.717) is 0 Å². The fourth-order valence-corrected chi connectivity index (χ4v) is 1.72. The first-order valence-electron chi connectivity index (χ1n) is 5.04. The number of nitrogens with one attached hydrogen (secondary N) is 1. The number of hydrogen-bond donors (Lipinski definition) is 2. The van der Waals surface area contributed by atoms with Gasteiger partial charge >= 0.3 is 5.97 Å². The molecule has 0 saturated carbocycles. The molecule has 1 amide bonds. The molecular weight excluding hydrogens is 300 g/mol. The maximum absolute atomic E-state index is 13.3. The Bertz CT molecular complexity index is 510. The molecule has 0 aliphatic heterocycles. The summed E-state index contributed by atoms with van der Waals surface area (Å²) in [5, 5.41) is 10.8. The van der Waals surface area contributed by atoms with Crippen molar-refractivity contribution in [3.8, 4) is 0 Å². The van der Waals surface area contributed by atoms with E-state index in [1.807, 2.05) is 0 Å². The summed E-state index contributed by atoms with van der Waals surface area (Å²) in [5.74, 6) is -2.48. The Morgan fingerprint density at radius 1 is 1.42 bits per heavy atom. The van der Waals surface area contributed by atoms with Crippen LogP contribution in [0.15, 0.2) is 12.1 Å². The van der Waals surface area contributed by atoms with Gasteiger partial charge in [0.1, 0.15) is 5.82 Å². The van der Waals surface area contributed by atoms with Gasteiger partial charge in [0.05, 0.1) is 29.3 Å². The third-order valence-electron chi connectivity index (χ3n) is 2.23. The lowest BCUT2D eigenvalue weighted by Crippen LogP contribution is -2.44. The molecule has 0 aliphatic rings. The van der Waals surface area contributed by atoms with Gasteiger partial charge in [-0.15, -0.1) is 0 Å². The molecule has 0 heterocycles. The molecule has 1 atom stereocenters. The first kappa shape index (κ1) is 15.7. The Morgan fingerprint density at radius 2 is 2.05 bits per heavy atom. The number of hydrogen-bond acceptors (Lipinski definition) is 4. The molecule has 8 heteroatoms. The van der Waals surface area contributed by atoms with Crippen LogP contribution in [-0.4, -0.2) is 36.7 Å². The van der Waals surface area contributed by atoms with Gasteiger partial charge in [0.25, 0.3) is 5.91 Å². The molecule has 0 aliphatic carbocycles. The number of methoxy groups -OCH3 is 1. The molecule has 0 bridgehead atoms. The minimum atomic E-state index is -1.26. The first-order chi connectivity index (χ1) is 8.90. The molecule has 0 fully saturated rings. The fourth-order valence-electron chi connectivity index (χ4n) is 1.25. The third-order valence-corrected chi connectivity index (χ3v) is 2.83. The van der Waals surface area contributed by atoms with Crippen LogP contribution in [-0.2, 0) is 9.53 Å². The van der Waals surface area contributed by atoms with Crippen molar-refractivity contribution in [3.63, 3.8) is 0 Å². The number of aliphatic hydroxyl groups is 1. The molecule has 0 spiro atoms. The molecule has 2 N–H and O–H groups in total. The van der Waals surface area contributed by atoms with Gasteiger partial charge in [-0.2, -0.15) is 0 Å². The lowest BCUT2D eigenvalue weighted by Gasteiger charge is -2.14. The summed E-state index contributed by atoms with van der Waals surface area (Å²) >= 11 is 11.2. The van der Waals surface area contributed by atoms with Crippen molar-refractivity contribution < 1.29 is 23.8 Å². The summed E-state index contributed by atoms with van der Waals surface area (Å²) in [5.41, 5.74) is -0.203. The molecular formula is C11H10Cl2FNO4. The normalized spacial score (nSPS) is 11.8. The van der Waals surface area contributed by atoms with Gasteiger partial charge in [-0.25, -0.2) is 9.18 Å². The monoisotopic (exact) mass is 309 g/mol. The first-order valence-corrected chi connectivity index (χ1v) is 5.80. The van der Waals surface area contributed by atoms with Crippen molar-refractivity contribution in [2.24, 2.45) is 0 Å². The average Bonchev–Trinajstić information content (AvgIpc) is 2.38. The highest BCUT2D eigenvalue weighted by molar-refractivity contribution is 6.36. The number of aliphatic hydroxyl groups excluding tert-OH is 1. The number of amides is 1. The lowest BCUT2D eigenvalue weighted by molar-refractivity contribution is -0.143. The molecule has 19 heavy (non-hydrogen) atoms. The van der Waals surface area contributed by atoms with Crippen molar-refractivity contribution in [2.45, 2.75) is 6.04 Å².